The fourth-order valence-electron chi connectivity index (χ4n) is 12.2. The molecule has 8 rings (SSSR count). The van der Waals surface area contributed by atoms with E-state index in [2.05, 4.69) is 18.9 Å². The van der Waals surface area contributed by atoms with Gasteiger partial charge in [0.05, 0.1) is 127 Å². The van der Waals surface area contributed by atoms with Crippen LogP contribution in [0.3, 0.4) is 0 Å². The van der Waals surface area contributed by atoms with Crippen LogP contribution in [0.2, 0.25) is 0 Å². The number of hydrogen-bond donors (Lipinski definition) is 4. The number of rotatable bonds is 20. The van der Waals surface area contributed by atoms with Crippen molar-refractivity contribution in [3.8, 4) is 0 Å². The van der Waals surface area contributed by atoms with Gasteiger partial charge in [0, 0.05) is 0 Å². The summed E-state index contributed by atoms with van der Waals surface area (Å²) >= 11 is 0. The fraction of sp³-hybridized carbons (Fsp3) is 0.857. The second-order valence-corrected chi connectivity index (χ2v) is 23.1. The highest BCUT2D eigenvalue weighted by molar-refractivity contribution is 5.81. The summed E-state index contributed by atoms with van der Waals surface area (Å²) in [5.74, 6) is -5.62. The Balaban J connectivity index is 0.000000187. The van der Waals surface area contributed by atoms with E-state index < -0.39 is 71.4 Å². The van der Waals surface area contributed by atoms with E-state index in [9.17, 15) is 58.8 Å². The van der Waals surface area contributed by atoms with Crippen molar-refractivity contribution in [3.05, 3.63) is 0 Å². The van der Waals surface area contributed by atoms with Crippen molar-refractivity contribution in [2.75, 3.05) is 28.4 Å². The minimum Gasteiger partial charge on any atom is -0.481 e. The van der Waals surface area contributed by atoms with Gasteiger partial charge in [-0.15, -0.1) is 0 Å². The number of carbonyl (C=O) groups is 8. The van der Waals surface area contributed by atoms with Crippen molar-refractivity contribution >= 4 is 47.8 Å². The summed E-state index contributed by atoms with van der Waals surface area (Å²) in [6, 6.07) is 0. The van der Waals surface area contributed by atoms with Crippen LogP contribution in [0.4, 0.5) is 0 Å². The van der Waals surface area contributed by atoms with Crippen LogP contribution in [-0.4, -0.2) is 145 Å². The number of esters is 4. The number of carboxylic acids is 4. The molecule has 4 saturated carbocycles. The molecule has 8 fully saturated rings. The van der Waals surface area contributed by atoms with E-state index >= 15 is 0 Å². The molecule has 76 heavy (non-hydrogen) atoms. The Morgan fingerprint density at radius 2 is 0.513 bits per heavy atom. The minimum atomic E-state index is -0.904. The summed E-state index contributed by atoms with van der Waals surface area (Å²) in [5, 5.41) is 37.4. The highest BCUT2D eigenvalue weighted by atomic mass is 16.5. The zero-order chi connectivity index (χ0) is 56.0. The number of methoxy groups -OCH3 is 4. The summed E-state index contributed by atoms with van der Waals surface area (Å²) in [5.41, 5.74) is 0. The maximum Gasteiger partial charge on any atom is 0.307 e. The fourth-order valence-corrected chi connectivity index (χ4v) is 12.2. The van der Waals surface area contributed by atoms with Gasteiger partial charge in [-0.3, -0.25) is 38.4 Å². The van der Waals surface area contributed by atoms with Gasteiger partial charge in [0.25, 0.3) is 0 Å². The summed E-state index contributed by atoms with van der Waals surface area (Å²) in [4.78, 5) is 91.0. The number of ether oxygens (including phenoxy) is 8. The molecule has 0 aromatic carbocycles. The van der Waals surface area contributed by atoms with Gasteiger partial charge in [0.1, 0.15) is 0 Å². The van der Waals surface area contributed by atoms with Crippen molar-refractivity contribution in [2.45, 2.75) is 205 Å². The monoisotopic (exact) mass is 1080 g/mol. The molecule has 0 radical (unpaired) electrons. The van der Waals surface area contributed by atoms with Crippen LogP contribution in [0.5, 0.6) is 0 Å². The van der Waals surface area contributed by atoms with E-state index in [0.29, 0.717) is 49.4 Å². The van der Waals surface area contributed by atoms with Crippen LogP contribution >= 0.6 is 0 Å². The topological polar surface area (TPSA) is 291 Å². The predicted molar refractivity (Wildman–Crippen MR) is 270 cm³/mol. The van der Waals surface area contributed by atoms with Crippen molar-refractivity contribution < 1.29 is 96.7 Å². The van der Waals surface area contributed by atoms with Gasteiger partial charge in [-0.05, 0) is 178 Å². The molecule has 16 atom stereocenters. The normalized spacial score (nSPS) is 32.6. The molecule has 8 aliphatic rings. The first kappa shape index (κ1) is 62.4. The number of carbonyl (C=O) groups excluding carboxylic acids is 4. The quantitative estimate of drug-likeness (QED) is 0.0683. The molecule has 4 aliphatic heterocycles. The lowest BCUT2D eigenvalue weighted by Crippen LogP contribution is -2.38. The Kier molecular flexibility index (Phi) is 24.3. The van der Waals surface area contributed by atoms with Crippen molar-refractivity contribution in [1.82, 2.24) is 0 Å². The van der Waals surface area contributed by atoms with Crippen molar-refractivity contribution in [2.24, 2.45) is 71.0 Å². The third-order valence-corrected chi connectivity index (χ3v) is 16.9. The van der Waals surface area contributed by atoms with Crippen LogP contribution in [0.15, 0.2) is 0 Å². The van der Waals surface area contributed by atoms with E-state index in [1.807, 2.05) is 27.7 Å². The van der Waals surface area contributed by atoms with Gasteiger partial charge in [-0.1, -0.05) is 0 Å². The molecular formula is C56H88O20. The van der Waals surface area contributed by atoms with E-state index in [1.165, 1.54) is 79.8 Å². The zero-order valence-electron chi connectivity index (χ0n) is 46.0. The van der Waals surface area contributed by atoms with Gasteiger partial charge in [0.2, 0.25) is 0 Å². The molecule has 20 heteroatoms. The van der Waals surface area contributed by atoms with Gasteiger partial charge < -0.3 is 58.3 Å². The second kappa shape index (κ2) is 29.5. The average Bonchev–Trinajstić information content (AvgIpc) is 4.16. The SMILES string of the molecule is COC(=O)C[C@H](C(=O)O)[C@@H]1C[C@@H](C)O[C@H](C2CC2)C1.COC(=O)C[C@H](C(=O)O)[C@@H]1C[C@H](C)O[C@@H](C2CC2)C1.COC(=O)C[C@H](C(=O)O)[C@H]1C[C@@H](C)O[C@H](C2CC2)C1.COC(=O)C[C@H](C(=O)O)[C@H]1C[C@H](C)O[C@@H](C2CC2)C1. The molecule has 4 aliphatic carbocycles. The lowest BCUT2D eigenvalue weighted by molar-refractivity contribution is -0.156. The highest BCUT2D eigenvalue weighted by Crippen LogP contribution is 2.47. The average molecular weight is 1080 g/mol. The maximum absolute atomic E-state index is 11.4. The minimum absolute atomic E-state index is 0.00551. The van der Waals surface area contributed by atoms with Crippen LogP contribution < -0.4 is 0 Å². The van der Waals surface area contributed by atoms with E-state index in [4.69, 9.17) is 18.9 Å². The van der Waals surface area contributed by atoms with Gasteiger partial charge in [0.15, 0.2) is 0 Å². The molecule has 0 bridgehead atoms. The summed E-state index contributed by atoms with van der Waals surface area (Å²) in [6.45, 7) is 7.94. The largest absolute Gasteiger partial charge is 0.481 e. The first-order valence-electron chi connectivity index (χ1n) is 27.8. The Hall–Kier alpha value is -4.40. The molecule has 0 aromatic rings. The lowest BCUT2D eigenvalue weighted by atomic mass is 9.79. The molecular weight excluding hydrogens is 993 g/mol. The summed E-state index contributed by atoms with van der Waals surface area (Å²) in [7, 11) is 5.17. The molecule has 4 saturated heterocycles. The summed E-state index contributed by atoms with van der Waals surface area (Å²) < 4.78 is 42.0. The molecule has 0 amide bonds. The van der Waals surface area contributed by atoms with E-state index in [0.717, 1.165) is 25.7 Å². The van der Waals surface area contributed by atoms with Crippen LogP contribution in [-0.2, 0) is 76.3 Å². The summed E-state index contributed by atoms with van der Waals surface area (Å²) in [6.07, 6.45) is 16.1. The third kappa shape index (κ3) is 20.1. The number of hydrogen-bond acceptors (Lipinski definition) is 16. The van der Waals surface area contributed by atoms with E-state index in [1.54, 1.807) is 0 Å². The smallest absolute Gasteiger partial charge is 0.307 e. The standard InChI is InChI=1S/4C14H22O5/c4*1-8-5-10(6-12(19-8)9-3-4-9)11(14(16)17)7-13(15)18-2/h4*8-12H,3-7H2,1-2H3,(H,16,17)/t8-,10+,11+,12+;8-,10+,11-,12+;8-,10-,11+,12+;8-,10-,11-,12+/m1010/s1. The Morgan fingerprint density at radius 3 is 0.645 bits per heavy atom. The maximum atomic E-state index is 11.4. The van der Waals surface area contributed by atoms with Gasteiger partial charge >= 0.3 is 47.8 Å². The van der Waals surface area contributed by atoms with Crippen molar-refractivity contribution in [1.29, 1.82) is 0 Å². The van der Waals surface area contributed by atoms with Crippen LogP contribution in [0, 0.1) is 71.0 Å². The molecule has 0 spiro atoms. The van der Waals surface area contributed by atoms with Crippen LogP contribution in [0.1, 0.15) is 156 Å². The highest BCUT2D eigenvalue weighted by Gasteiger charge is 2.46. The van der Waals surface area contributed by atoms with E-state index in [-0.39, 0.29) is 98.2 Å². The van der Waals surface area contributed by atoms with Crippen LogP contribution in [0.25, 0.3) is 0 Å². The lowest BCUT2D eigenvalue weighted by Gasteiger charge is -2.36. The molecule has 20 nitrogen and oxygen atoms in total. The Morgan fingerprint density at radius 1 is 0.342 bits per heavy atom. The Labute approximate surface area is 447 Å². The Bertz CT molecular complexity index is 1670. The first-order valence-corrected chi connectivity index (χ1v) is 27.8. The number of aliphatic carboxylic acids is 4. The van der Waals surface area contributed by atoms with Gasteiger partial charge in [-0.25, -0.2) is 0 Å². The zero-order valence-corrected chi connectivity index (χ0v) is 46.0. The molecule has 4 heterocycles. The molecule has 0 unspecified atom stereocenters. The van der Waals surface area contributed by atoms with Crippen molar-refractivity contribution in [3.63, 3.8) is 0 Å². The first-order chi connectivity index (χ1) is 36.0. The van der Waals surface area contributed by atoms with Gasteiger partial charge in [-0.2, -0.15) is 0 Å². The molecule has 0 aromatic heterocycles. The second-order valence-electron chi connectivity index (χ2n) is 23.1. The molecule has 4 N–H and O–H groups in total. The number of carboxylic acid groups (broad SMARTS) is 4. The predicted octanol–water partition coefficient (Wildman–Crippen LogP) is 7.38. The third-order valence-electron chi connectivity index (χ3n) is 16.9. The molecule has 432 valence electrons.